The van der Waals surface area contributed by atoms with Crippen molar-refractivity contribution >= 4 is 0 Å². The minimum Gasteiger partial charge on any atom is -0.393 e. The molecular weight excluding hydrogens is 602 g/mol. The second-order valence-electron chi connectivity index (χ2n) is 15.3. The van der Waals surface area contributed by atoms with Gasteiger partial charge in [-0.25, -0.2) is 0 Å². The zero-order valence-corrected chi connectivity index (χ0v) is 33.3. The van der Waals surface area contributed by atoms with E-state index in [-0.39, 0.29) is 11.5 Å². The Bertz CT molecular complexity index is 701. The summed E-state index contributed by atoms with van der Waals surface area (Å²) >= 11 is 0. The van der Waals surface area contributed by atoms with Crippen molar-refractivity contribution < 1.29 is 28.8 Å². The second-order valence-corrected chi connectivity index (χ2v) is 15.3. The van der Waals surface area contributed by atoms with E-state index < -0.39 is 0 Å². The first-order valence-corrected chi connectivity index (χ1v) is 20.5. The van der Waals surface area contributed by atoms with Crippen molar-refractivity contribution in [2.75, 3.05) is 79.2 Å². The van der Waals surface area contributed by atoms with Crippen molar-refractivity contribution in [1.29, 1.82) is 0 Å². The lowest BCUT2D eigenvalue weighted by molar-refractivity contribution is -0.0430. The maximum absolute atomic E-state index is 10.4. The van der Waals surface area contributed by atoms with Crippen LogP contribution in [0.1, 0.15) is 145 Å². The third-order valence-electron chi connectivity index (χ3n) is 11.7. The molecule has 3 aliphatic rings. The van der Waals surface area contributed by atoms with Gasteiger partial charge in [0.25, 0.3) is 0 Å². The van der Waals surface area contributed by atoms with Crippen molar-refractivity contribution in [2.45, 2.75) is 151 Å². The van der Waals surface area contributed by atoms with Crippen molar-refractivity contribution in [3.05, 3.63) is 0 Å². The molecule has 0 aromatic carbocycles. The zero-order chi connectivity index (χ0) is 35.5. The Balaban J connectivity index is 0.000000457. The van der Waals surface area contributed by atoms with E-state index in [1.807, 2.05) is 13.8 Å². The molecule has 2 N–H and O–H groups in total. The fourth-order valence-corrected chi connectivity index (χ4v) is 8.52. The Morgan fingerprint density at radius 1 is 0.625 bits per heavy atom. The van der Waals surface area contributed by atoms with Crippen molar-refractivity contribution in [2.24, 2.45) is 34.5 Å². The van der Waals surface area contributed by atoms with Gasteiger partial charge in [-0.1, -0.05) is 87.5 Å². The minimum atomic E-state index is -0.0788. The summed E-state index contributed by atoms with van der Waals surface area (Å²) in [7, 11) is 0. The summed E-state index contributed by atoms with van der Waals surface area (Å²) in [6.07, 6.45) is 18.5. The molecule has 5 unspecified atom stereocenters. The molecule has 0 radical (unpaired) electrons. The van der Waals surface area contributed by atoms with E-state index in [1.165, 1.54) is 77.0 Å². The van der Waals surface area contributed by atoms with Crippen molar-refractivity contribution in [3.8, 4) is 0 Å². The van der Waals surface area contributed by atoms with Crippen LogP contribution < -0.4 is 5.32 Å². The molecule has 0 amide bonds. The molecule has 0 heterocycles. The normalized spacial score (nSPS) is 27.8. The van der Waals surface area contributed by atoms with Gasteiger partial charge in [-0.05, 0) is 98.8 Å². The smallest absolute Gasteiger partial charge is 0.0701 e. The topological polar surface area (TPSA) is 78.4 Å². The molecule has 0 aromatic rings. The third kappa shape index (κ3) is 17.8. The number of aliphatic hydroxyl groups excluding tert-OH is 1. The van der Waals surface area contributed by atoms with Crippen LogP contribution in [-0.2, 0) is 23.7 Å². The molecule has 288 valence electrons. The van der Waals surface area contributed by atoms with Gasteiger partial charge >= 0.3 is 0 Å². The first-order valence-electron chi connectivity index (χ1n) is 20.5. The van der Waals surface area contributed by atoms with E-state index >= 15 is 0 Å². The van der Waals surface area contributed by atoms with Gasteiger partial charge in [0.2, 0.25) is 0 Å². The fraction of sp³-hybridized carbons (Fsp3) is 1.00. The van der Waals surface area contributed by atoms with Crippen molar-refractivity contribution in [1.82, 2.24) is 5.32 Å². The number of rotatable bonds is 24. The number of nitrogens with one attached hydrogen (secondary N) is 1. The number of fused-ring (bicyclic) bond motifs is 1. The van der Waals surface area contributed by atoms with Crippen molar-refractivity contribution in [3.63, 3.8) is 0 Å². The number of ether oxygens (including phenoxy) is 5. The summed E-state index contributed by atoms with van der Waals surface area (Å²) in [6, 6.07) is 0. The van der Waals surface area contributed by atoms with Gasteiger partial charge in [0.15, 0.2) is 0 Å². The largest absolute Gasteiger partial charge is 0.393 e. The lowest BCUT2D eigenvalue weighted by Crippen LogP contribution is -2.43. The Morgan fingerprint density at radius 3 is 1.79 bits per heavy atom. The quantitative estimate of drug-likeness (QED) is 0.0982. The number of hydrogen-bond acceptors (Lipinski definition) is 7. The summed E-state index contributed by atoms with van der Waals surface area (Å²) in [4.78, 5) is 0. The SMILES string of the molecule is CC.CC1CCC2CCCC2(C)C1CCC1CCC[C@H](O)C1(C)C.CCCCCNCCOCCOCCOCCOCCOCCC. The number of aliphatic hydroxyl groups is 1. The van der Waals surface area contributed by atoms with Crippen LogP contribution in [0.25, 0.3) is 0 Å². The van der Waals surface area contributed by atoms with E-state index in [0.717, 1.165) is 62.8 Å². The lowest BCUT2D eigenvalue weighted by atomic mass is 9.56. The number of hydrogen-bond donors (Lipinski definition) is 2. The molecule has 7 heteroatoms. The summed E-state index contributed by atoms with van der Waals surface area (Å²) in [5.74, 6) is 3.59. The predicted molar refractivity (Wildman–Crippen MR) is 202 cm³/mol. The molecule has 0 aromatic heterocycles. The van der Waals surface area contributed by atoms with Gasteiger partial charge in [-0.15, -0.1) is 0 Å². The molecule has 3 saturated carbocycles. The first kappa shape index (κ1) is 45.7. The fourth-order valence-electron chi connectivity index (χ4n) is 8.52. The average molecular weight is 686 g/mol. The van der Waals surface area contributed by atoms with Crippen LogP contribution in [0.3, 0.4) is 0 Å². The highest BCUT2D eigenvalue weighted by Crippen LogP contribution is 2.58. The maximum Gasteiger partial charge on any atom is 0.0701 e. The molecule has 3 aliphatic carbocycles. The molecule has 3 fully saturated rings. The molecule has 0 aliphatic heterocycles. The second kappa shape index (κ2) is 28.3. The highest BCUT2D eigenvalue weighted by molar-refractivity contribution is 4.99. The first-order chi connectivity index (χ1) is 23.3. The highest BCUT2D eigenvalue weighted by Gasteiger charge is 2.49. The van der Waals surface area contributed by atoms with Crippen LogP contribution in [0.4, 0.5) is 0 Å². The van der Waals surface area contributed by atoms with Crippen LogP contribution in [0, 0.1) is 34.5 Å². The third-order valence-corrected chi connectivity index (χ3v) is 11.7. The van der Waals surface area contributed by atoms with E-state index in [2.05, 4.69) is 46.9 Å². The Labute approximate surface area is 298 Å². The molecule has 0 spiro atoms. The molecule has 3 rings (SSSR count). The predicted octanol–water partition coefficient (Wildman–Crippen LogP) is 9.09. The average Bonchev–Trinajstić information content (AvgIpc) is 3.48. The molecule has 7 nitrogen and oxygen atoms in total. The molecule has 6 atom stereocenters. The van der Waals surface area contributed by atoms with E-state index in [4.69, 9.17) is 23.7 Å². The van der Waals surface area contributed by atoms with Gasteiger partial charge in [-0.3, -0.25) is 0 Å². The Hall–Kier alpha value is -0.280. The summed E-state index contributed by atoms with van der Waals surface area (Å²) < 4.78 is 27.0. The monoisotopic (exact) mass is 686 g/mol. The molecule has 0 saturated heterocycles. The summed E-state index contributed by atoms with van der Waals surface area (Å²) in [5.41, 5.74) is 0.765. The number of unbranched alkanes of at least 4 members (excludes halogenated alkanes) is 2. The van der Waals surface area contributed by atoms with E-state index in [0.29, 0.717) is 58.3 Å². The highest BCUT2D eigenvalue weighted by atomic mass is 16.6. The Kier molecular flexibility index (Phi) is 27.0. The molecule has 0 bridgehead atoms. The minimum absolute atomic E-state index is 0.0788. The molecular formula is C41H83NO6. The zero-order valence-electron chi connectivity index (χ0n) is 33.3. The standard InChI is InChI=1S/C21H38O.C18H39NO5.C2H6/c1-15-10-11-17-8-6-14-21(17,4)18(15)13-12-16-7-5-9-19(22)20(16,2)3;1-3-5-6-7-19-8-10-21-12-14-23-16-18-24-17-15-22-13-11-20-9-4-2;1-2/h15-19,22H,5-14H2,1-4H3;19H,3-18H2,1-2H3;1-2H3/t15?,16?,17?,18?,19-,21?;;/m0../s1. The Morgan fingerprint density at radius 2 is 1.21 bits per heavy atom. The van der Waals surface area contributed by atoms with Gasteiger partial charge in [0.1, 0.15) is 0 Å². The van der Waals surface area contributed by atoms with Gasteiger partial charge < -0.3 is 34.1 Å². The maximum atomic E-state index is 10.4. The van der Waals surface area contributed by atoms with E-state index in [9.17, 15) is 5.11 Å². The van der Waals surface area contributed by atoms with Crippen LogP contribution >= 0.6 is 0 Å². The molecule has 48 heavy (non-hydrogen) atoms. The van der Waals surface area contributed by atoms with Crippen LogP contribution in [0.15, 0.2) is 0 Å². The van der Waals surface area contributed by atoms with Gasteiger partial charge in [0.05, 0.1) is 65.6 Å². The van der Waals surface area contributed by atoms with Crippen LogP contribution in [-0.4, -0.2) is 90.4 Å². The van der Waals surface area contributed by atoms with Crippen LogP contribution in [0.2, 0.25) is 0 Å². The summed E-state index contributed by atoms with van der Waals surface area (Å²) in [6.45, 7) is 26.5. The lowest BCUT2D eigenvalue weighted by Gasteiger charge is -2.49. The van der Waals surface area contributed by atoms with Crippen LogP contribution in [0.5, 0.6) is 0 Å². The van der Waals surface area contributed by atoms with Gasteiger partial charge in [0, 0.05) is 13.2 Å². The van der Waals surface area contributed by atoms with Gasteiger partial charge in [-0.2, -0.15) is 0 Å². The van der Waals surface area contributed by atoms with E-state index in [1.54, 1.807) is 0 Å². The summed E-state index contributed by atoms with van der Waals surface area (Å²) in [5, 5.41) is 13.8.